The summed E-state index contributed by atoms with van der Waals surface area (Å²) in [6.45, 7) is 6.46. The van der Waals surface area contributed by atoms with Gasteiger partial charge in [-0.05, 0) is 42.8 Å². The second-order valence-electron chi connectivity index (χ2n) is 5.58. The number of carbonyl (C=O) groups excluding carboxylic acids is 1. The molecule has 0 saturated heterocycles. The fraction of sp³-hybridized carbons (Fsp3) is 0.158. The number of fused-ring (bicyclic) bond motifs is 1. The number of para-hydroxylation sites is 2. The number of carbonyl (C=O) groups is 1. The van der Waals surface area contributed by atoms with Gasteiger partial charge >= 0.3 is 0 Å². The molecule has 1 heterocycles. The molecule has 0 saturated carbocycles. The SMILES string of the molecule is C=CCn1c(SCC(=O)Nc2ccc(Br)c(C)c2)nc2ccccc21. The van der Waals surface area contributed by atoms with Crippen molar-refractivity contribution in [1.82, 2.24) is 9.55 Å². The molecule has 4 nitrogen and oxygen atoms in total. The van der Waals surface area contributed by atoms with Gasteiger partial charge in [-0.15, -0.1) is 6.58 Å². The number of hydrogen-bond acceptors (Lipinski definition) is 3. The molecule has 0 aliphatic rings. The zero-order valence-corrected chi connectivity index (χ0v) is 16.2. The quantitative estimate of drug-likeness (QED) is 0.453. The number of rotatable bonds is 6. The van der Waals surface area contributed by atoms with E-state index in [0.717, 1.165) is 31.9 Å². The Bertz CT molecular complexity index is 936. The molecule has 1 amide bonds. The van der Waals surface area contributed by atoms with Crippen LogP contribution in [-0.4, -0.2) is 21.2 Å². The van der Waals surface area contributed by atoms with Crippen LogP contribution >= 0.6 is 27.7 Å². The molecule has 25 heavy (non-hydrogen) atoms. The molecule has 3 rings (SSSR count). The van der Waals surface area contributed by atoms with E-state index in [-0.39, 0.29) is 5.91 Å². The highest BCUT2D eigenvalue weighted by Gasteiger charge is 2.12. The predicted octanol–water partition coefficient (Wildman–Crippen LogP) is 5.02. The Morgan fingerprint density at radius 1 is 1.36 bits per heavy atom. The van der Waals surface area contributed by atoms with Gasteiger partial charge in [0.15, 0.2) is 5.16 Å². The number of nitrogens with zero attached hydrogens (tertiary/aromatic N) is 2. The van der Waals surface area contributed by atoms with Gasteiger partial charge in [-0.25, -0.2) is 4.98 Å². The van der Waals surface area contributed by atoms with E-state index < -0.39 is 0 Å². The summed E-state index contributed by atoms with van der Waals surface area (Å²) >= 11 is 4.89. The number of benzene rings is 2. The molecule has 2 aromatic carbocycles. The lowest BCUT2D eigenvalue weighted by atomic mass is 10.2. The van der Waals surface area contributed by atoms with Gasteiger partial charge in [0.05, 0.1) is 16.8 Å². The zero-order valence-electron chi connectivity index (χ0n) is 13.8. The lowest BCUT2D eigenvalue weighted by Gasteiger charge is -2.08. The van der Waals surface area contributed by atoms with Crippen LogP contribution in [0.4, 0.5) is 5.69 Å². The Hall–Kier alpha value is -2.05. The van der Waals surface area contributed by atoms with Gasteiger partial charge < -0.3 is 9.88 Å². The first-order valence-electron chi connectivity index (χ1n) is 7.83. The number of thioether (sulfide) groups is 1. The number of aromatic nitrogens is 2. The van der Waals surface area contributed by atoms with Crippen molar-refractivity contribution < 1.29 is 4.79 Å². The molecule has 0 fully saturated rings. The molecular weight excluding hydrogens is 398 g/mol. The van der Waals surface area contributed by atoms with E-state index in [2.05, 4.69) is 37.4 Å². The minimum atomic E-state index is -0.0519. The van der Waals surface area contributed by atoms with Gasteiger partial charge in [-0.1, -0.05) is 45.9 Å². The Morgan fingerprint density at radius 2 is 2.16 bits per heavy atom. The van der Waals surface area contributed by atoms with Crippen molar-refractivity contribution in [2.24, 2.45) is 0 Å². The summed E-state index contributed by atoms with van der Waals surface area (Å²) in [6.07, 6.45) is 1.84. The normalized spacial score (nSPS) is 10.8. The molecule has 0 bridgehead atoms. The van der Waals surface area contributed by atoms with Crippen LogP contribution in [0.1, 0.15) is 5.56 Å². The molecular formula is C19H18BrN3OS. The largest absolute Gasteiger partial charge is 0.325 e. The Kier molecular flexibility index (Phi) is 5.60. The minimum Gasteiger partial charge on any atom is -0.325 e. The highest BCUT2D eigenvalue weighted by molar-refractivity contribution is 9.10. The Balaban J connectivity index is 1.71. The van der Waals surface area contributed by atoms with E-state index in [1.807, 2.05) is 55.5 Å². The van der Waals surface area contributed by atoms with Crippen molar-refractivity contribution in [1.29, 1.82) is 0 Å². The molecule has 3 aromatic rings. The standard InChI is InChI=1S/C19H18BrN3OS/c1-3-10-23-17-7-5-4-6-16(17)22-19(23)25-12-18(24)21-14-8-9-15(20)13(2)11-14/h3-9,11H,1,10,12H2,2H3,(H,21,24). The molecule has 0 atom stereocenters. The third-order valence-corrected chi connectivity index (χ3v) is 5.57. The van der Waals surface area contributed by atoms with Gasteiger partial charge in [0.25, 0.3) is 0 Å². The smallest absolute Gasteiger partial charge is 0.234 e. The summed E-state index contributed by atoms with van der Waals surface area (Å²) in [5, 5.41) is 3.75. The van der Waals surface area contributed by atoms with E-state index in [9.17, 15) is 4.79 Å². The number of allylic oxidation sites excluding steroid dienone is 1. The van der Waals surface area contributed by atoms with E-state index in [4.69, 9.17) is 0 Å². The van der Waals surface area contributed by atoms with E-state index in [1.165, 1.54) is 11.8 Å². The minimum absolute atomic E-state index is 0.0519. The fourth-order valence-corrected chi connectivity index (χ4v) is 3.59. The van der Waals surface area contributed by atoms with Crippen LogP contribution in [0.3, 0.4) is 0 Å². The van der Waals surface area contributed by atoms with Crippen molar-refractivity contribution in [3.63, 3.8) is 0 Å². The monoisotopic (exact) mass is 415 g/mol. The first kappa shape index (κ1) is 17.8. The first-order valence-corrected chi connectivity index (χ1v) is 9.61. The highest BCUT2D eigenvalue weighted by atomic mass is 79.9. The van der Waals surface area contributed by atoms with Crippen LogP contribution in [-0.2, 0) is 11.3 Å². The van der Waals surface area contributed by atoms with Crippen molar-refractivity contribution >= 4 is 50.3 Å². The highest BCUT2D eigenvalue weighted by Crippen LogP contribution is 2.25. The van der Waals surface area contributed by atoms with E-state index >= 15 is 0 Å². The predicted molar refractivity (Wildman–Crippen MR) is 108 cm³/mol. The van der Waals surface area contributed by atoms with Crippen LogP contribution in [0.5, 0.6) is 0 Å². The lowest BCUT2D eigenvalue weighted by Crippen LogP contribution is -2.14. The summed E-state index contributed by atoms with van der Waals surface area (Å²) in [5.74, 6) is 0.249. The molecule has 0 aliphatic heterocycles. The van der Waals surface area contributed by atoms with Crippen LogP contribution in [0.15, 0.2) is 64.7 Å². The van der Waals surface area contributed by atoms with Gasteiger partial charge in [0.2, 0.25) is 5.91 Å². The number of nitrogens with one attached hydrogen (secondary N) is 1. The topological polar surface area (TPSA) is 46.9 Å². The van der Waals surface area contributed by atoms with E-state index in [1.54, 1.807) is 0 Å². The maximum atomic E-state index is 12.3. The van der Waals surface area contributed by atoms with Crippen LogP contribution < -0.4 is 5.32 Å². The summed E-state index contributed by atoms with van der Waals surface area (Å²) in [6, 6.07) is 13.7. The van der Waals surface area contributed by atoms with Crippen LogP contribution in [0.25, 0.3) is 11.0 Å². The molecule has 0 unspecified atom stereocenters. The molecule has 0 aliphatic carbocycles. The second-order valence-corrected chi connectivity index (χ2v) is 7.38. The number of hydrogen-bond donors (Lipinski definition) is 1. The number of aryl methyl sites for hydroxylation is 1. The second kappa shape index (κ2) is 7.89. The van der Waals surface area contributed by atoms with Crippen molar-refractivity contribution in [2.45, 2.75) is 18.6 Å². The average molecular weight is 416 g/mol. The number of anilines is 1. The fourth-order valence-electron chi connectivity index (χ4n) is 2.52. The molecule has 128 valence electrons. The summed E-state index contributed by atoms with van der Waals surface area (Å²) in [7, 11) is 0. The molecule has 0 spiro atoms. The van der Waals surface area contributed by atoms with Gasteiger partial charge in [-0.3, -0.25) is 4.79 Å². The van der Waals surface area contributed by atoms with Gasteiger partial charge in [-0.2, -0.15) is 0 Å². The number of imidazole rings is 1. The average Bonchev–Trinajstić information content (AvgIpc) is 2.95. The summed E-state index contributed by atoms with van der Waals surface area (Å²) < 4.78 is 3.10. The zero-order chi connectivity index (χ0) is 17.8. The molecule has 6 heteroatoms. The third-order valence-electron chi connectivity index (χ3n) is 3.71. The van der Waals surface area contributed by atoms with Gasteiger partial charge in [0.1, 0.15) is 0 Å². The first-order chi connectivity index (χ1) is 12.1. The maximum Gasteiger partial charge on any atom is 0.234 e. The lowest BCUT2D eigenvalue weighted by molar-refractivity contribution is -0.113. The number of amides is 1. The van der Waals surface area contributed by atoms with Crippen molar-refractivity contribution in [2.75, 3.05) is 11.1 Å². The van der Waals surface area contributed by atoms with Crippen molar-refractivity contribution in [3.05, 3.63) is 65.2 Å². The molecule has 1 N–H and O–H groups in total. The molecule has 1 aromatic heterocycles. The maximum absolute atomic E-state index is 12.3. The summed E-state index contributed by atoms with van der Waals surface area (Å²) in [4.78, 5) is 16.9. The number of halogens is 1. The van der Waals surface area contributed by atoms with E-state index in [0.29, 0.717) is 12.3 Å². The summed E-state index contributed by atoms with van der Waals surface area (Å²) in [5.41, 5.74) is 3.86. The Labute approximate surface area is 159 Å². The third kappa shape index (κ3) is 4.14. The van der Waals surface area contributed by atoms with Crippen molar-refractivity contribution in [3.8, 4) is 0 Å². The molecule has 0 radical (unpaired) electrons. The Morgan fingerprint density at radius 3 is 2.92 bits per heavy atom. The van der Waals surface area contributed by atoms with Crippen LogP contribution in [0.2, 0.25) is 0 Å². The van der Waals surface area contributed by atoms with Gasteiger partial charge in [0, 0.05) is 16.7 Å². The van der Waals surface area contributed by atoms with Crippen LogP contribution in [0, 0.1) is 6.92 Å².